The standard InChI is InChI=1S/C15H21N7O/c1-10(2)7-12-20-13(23-21-12)5-4-6-16-14-11-8-19-22(3)15(11)18-9-17-14/h8-10H,4-7H2,1-3H3,(H,16,17,18). The van der Waals surface area contributed by atoms with Crippen molar-refractivity contribution < 1.29 is 4.52 Å². The van der Waals surface area contributed by atoms with Crippen molar-refractivity contribution in [3.63, 3.8) is 0 Å². The van der Waals surface area contributed by atoms with Gasteiger partial charge in [0.2, 0.25) is 5.89 Å². The zero-order valence-electron chi connectivity index (χ0n) is 13.7. The molecule has 0 atom stereocenters. The molecule has 0 radical (unpaired) electrons. The Balaban J connectivity index is 1.52. The minimum Gasteiger partial charge on any atom is -0.369 e. The lowest BCUT2D eigenvalue weighted by molar-refractivity contribution is 0.369. The van der Waals surface area contributed by atoms with Crippen LogP contribution in [0, 0.1) is 5.92 Å². The van der Waals surface area contributed by atoms with Gasteiger partial charge in [0.05, 0.1) is 11.6 Å². The minimum atomic E-state index is 0.529. The molecule has 0 amide bonds. The molecule has 0 spiro atoms. The fourth-order valence-corrected chi connectivity index (χ4v) is 2.39. The van der Waals surface area contributed by atoms with Gasteiger partial charge in [-0.05, 0) is 12.3 Å². The van der Waals surface area contributed by atoms with Gasteiger partial charge in [-0.1, -0.05) is 19.0 Å². The van der Waals surface area contributed by atoms with E-state index in [1.54, 1.807) is 17.2 Å². The first-order chi connectivity index (χ1) is 11.1. The number of nitrogens with one attached hydrogen (secondary N) is 1. The fraction of sp³-hybridized carbons (Fsp3) is 0.533. The average Bonchev–Trinajstić information content (AvgIpc) is 3.11. The second-order valence-corrected chi connectivity index (χ2v) is 5.96. The van der Waals surface area contributed by atoms with Gasteiger partial charge in [0.1, 0.15) is 12.1 Å². The monoisotopic (exact) mass is 315 g/mol. The molecule has 0 saturated heterocycles. The second kappa shape index (κ2) is 6.72. The van der Waals surface area contributed by atoms with Crippen molar-refractivity contribution in [3.8, 4) is 0 Å². The first kappa shape index (κ1) is 15.4. The Bertz CT molecular complexity index is 777. The van der Waals surface area contributed by atoms with E-state index in [0.717, 1.165) is 48.5 Å². The van der Waals surface area contributed by atoms with Crippen LogP contribution in [0.25, 0.3) is 11.0 Å². The van der Waals surface area contributed by atoms with Crippen molar-refractivity contribution in [1.29, 1.82) is 0 Å². The summed E-state index contributed by atoms with van der Waals surface area (Å²) in [5, 5.41) is 12.4. The third kappa shape index (κ3) is 3.64. The average molecular weight is 315 g/mol. The Morgan fingerprint density at radius 2 is 2.17 bits per heavy atom. The molecule has 3 heterocycles. The molecule has 0 aliphatic heterocycles. The van der Waals surface area contributed by atoms with Crippen LogP contribution in [-0.4, -0.2) is 36.4 Å². The largest absolute Gasteiger partial charge is 0.369 e. The molecule has 0 saturated carbocycles. The first-order valence-corrected chi connectivity index (χ1v) is 7.81. The van der Waals surface area contributed by atoms with Crippen LogP contribution in [0.1, 0.15) is 32.0 Å². The molecule has 3 aromatic rings. The predicted octanol–water partition coefficient (Wildman–Crippen LogP) is 1.99. The van der Waals surface area contributed by atoms with Crippen molar-refractivity contribution >= 4 is 16.9 Å². The van der Waals surface area contributed by atoms with Gasteiger partial charge in [-0.15, -0.1) is 0 Å². The molecule has 23 heavy (non-hydrogen) atoms. The van der Waals surface area contributed by atoms with E-state index >= 15 is 0 Å². The third-order valence-electron chi connectivity index (χ3n) is 3.49. The van der Waals surface area contributed by atoms with E-state index in [0.29, 0.717) is 11.8 Å². The molecule has 8 heteroatoms. The molecule has 3 rings (SSSR count). The number of aromatic nitrogens is 6. The first-order valence-electron chi connectivity index (χ1n) is 7.81. The molecule has 0 aromatic carbocycles. The Hall–Kier alpha value is -2.51. The molecule has 1 N–H and O–H groups in total. The Kier molecular flexibility index (Phi) is 4.50. The Labute approximate surface area is 134 Å². The highest BCUT2D eigenvalue weighted by Crippen LogP contribution is 2.17. The van der Waals surface area contributed by atoms with Gasteiger partial charge in [-0.25, -0.2) is 9.97 Å². The zero-order valence-corrected chi connectivity index (χ0v) is 13.7. The maximum Gasteiger partial charge on any atom is 0.226 e. The lowest BCUT2D eigenvalue weighted by Gasteiger charge is -2.05. The molecular formula is C15H21N7O. The van der Waals surface area contributed by atoms with Crippen molar-refractivity contribution in [2.75, 3.05) is 11.9 Å². The summed E-state index contributed by atoms with van der Waals surface area (Å²) in [5.74, 6) is 2.81. The quantitative estimate of drug-likeness (QED) is 0.666. The molecular weight excluding hydrogens is 294 g/mol. The molecule has 0 aliphatic carbocycles. The maximum absolute atomic E-state index is 5.26. The number of aryl methyl sites for hydroxylation is 2. The van der Waals surface area contributed by atoms with Crippen LogP contribution in [0.5, 0.6) is 0 Å². The highest BCUT2D eigenvalue weighted by atomic mass is 16.5. The van der Waals surface area contributed by atoms with E-state index in [1.807, 2.05) is 7.05 Å². The second-order valence-electron chi connectivity index (χ2n) is 5.96. The van der Waals surface area contributed by atoms with E-state index in [2.05, 4.69) is 44.4 Å². The molecule has 0 fully saturated rings. The van der Waals surface area contributed by atoms with E-state index < -0.39 is 0 Å². The van der Waals surface area contributed by atoms with Gasteiger partial charge >= 0.3 is 0 Å². The van der Waals surface area contributed by atoms with Crippen LogP contribution in [0.15, 0.2) is 17.0 Å². The molecule has 0 bridgehead atoms. The van der Waals surface area contributed by atoms with E-state index in [-0.39, 0.29) is 0 Å². The van der Waals surface area contributed by atoms with Crippen LogP contribution in [0.2, 0.25) is 0 Å². The van der Waals surface area contributed by atoms with Gasteiger partial charge in [-0.3, -0.25) is 4.68 Å². The van der Waals surface area contributed by atoms with Crippen molar-refractivity contribution in [2.24, 2.45) is 13.0 Å². The van der Waals surface area contributed by atoms with Gasteiger partial charge < -0.3 is 9.84 Å². The van der Waals surface area contributed by atoms with Gasteiger partial charge in [0, 0.05) is 26.4 Å². The van der Waals surface area contributed by atoms with Crippen LogP contribution in [0.4, 0.5) is 5.82 Å². The molecule has 8 nitrogen and oxygen atoms in total. The lowest BCUT2D eigenvalue weighted by Crippen LogP contribution is -2.05. The van der Waals surface area contributed by atoms with Crippen LogP contribution < -0.4 is 5.32 Å². The highest BCUT2D eigenvalue weighted by Gasteiger charge is 2.09. The number of anilines is 1. The van der Waals surface area contributed by atoms with Crippen LogP contribution >= 0.6 is 0 Å². The smallest absolute Gasteiger partial charge is 0.226 e. The van der Waals surface area contributed by atoms with Crippen molar-refractivity contribution in [2.45, 2.75) is 33.1 Å². The number of fused-ring (bicyclic) bond motifs is 1. The summed E-state index contributed by atoms with van der Waals surface area (Å²) in [6.07, 6.45) is 5.80. The number of hydrogen-bond donors (Lipinski definition) is 1. The SMILES string of the molecule is CC(C)Cc1noc(CCCNc2ncnc3c2cnn3C)n1. The summed E-state index contributed by atoms with van der Waals surface area (Å²) < 4.78 is 7.00. The molecule has 0 aliphatic rings. The summed E-state index contributed by atoms with van der Waals surface area (Å²) in [6, 6.07) is 0. The zero-order chi connectivity index (χ0) is 16.2. The van der Waals surface area contributed by atoms with Crippen LogP contribution in [-0.2, 0) is 19.9 Å². The Morgan fingerprint density at radius 3 is 3.00 bits per heavy atom. The number of nitrogens with zero attached hydrogens (tertiary/aromatic N) is 6. The number of hydrogen-bond acceptors (Lipinski definition) is 7. The summed E-state index contributed by atoms with van der Waals surface area (Å²) in [7, 11) is 1.86. The van der Waals surface area contributed by atoms with E-state index in [9.17, 15) is 0 Å². The summed E-state index contributed by atoms with van der Waals surface area (Å²) in [5.41, 5.74) is 0.817. The highest BCUT2D eigenvalue weighted by molar-refractivity contribution is 5.85. The predicted molar refractivity (Wildman–Crippen MR) is 86.0 cm³/mol. The van der Waals surface area contributed by atoms with Gasteiger partial charge in [0.25, 0.3) is 0 Å². The maximum atomic E-state index is 5.26. The van der Waals surface area contributed by atoms with Crippen molar-refractivity contribution in [3.05, 3.63) is 24.2 Å². The lowest BCUT2D eigenvalue weighted by atomic mass is 10.1. The summed E-state index contributed by atoms with van der Waals surface area (Å²) in [6.45, 7) is 5.05. The normalized spacial score (nSPS) is 11.5. The van der Waals surface area contributed by atoms with E-state index in [4.69, 9.17) is 4.52 Å². The van der Waals surface area contributed by atoms with Crippen LogP contribution in [0.3, 0.4) is 0 Å². The minimum absolute atomic E-state index is 0.529. The molecule has 0 unspecified atom stereocenters. The topological polar surface area (TPSA) is 94.5 Å². The van der Waals surface area contributed by atoms with Crippen molar-refractivity contribution in [1.82, 2.24) is 29.9 Å². The summed E-state index contributed by atoms with van der Waals surface area (Å²) >= 11 is 0. The fourth-order valence-electron chi connectivity index (χ4n) is 2.39. The summed E-state index contributed by atoms with van der Waals surface area (Å²) in [4.78, 5) is 12.9. The third-order valence-corrected chi connectivity index (χ3v) is 3.49. The molecule has 3 aromatic heterocycles. The number of rotatable bonds is 7. The van der Waals surface area contributed by atoms with Gasteiger partial charge in [0.15, 0.2) is 11.5 Å². The van der Waals surface area contributed by atoms with Gasteiger partial charge in [-0.2, -0.15) is 10.1 Å². The van der Waals surface area contributed by atoms with E-state index in [1.165, 1.54) is 0 Å². The molecule has 122 valence electrons. The Morgan fingerprint density at radius 1 is 1.30 bits per heavy atom.